The van der Waals surface area contributed by atoms with Crippen LogP contribution in [-0.2, 0) is 24.3 Å². The van der Waals surface area contributed by atoms with Gasteiger partial charge in [0.25, 0.3) is 15.8 Å². The molecule has 1 aliphatic rings. The third kappa shape index (κ3) is 6.72. The van der Waals surface area contributed by atoms with Crippen LogP contribution in [0.4, 0.5) is 17.1 Å². The average molecular weight is 541 g/mol. The second-order valence-electron chi connectivity index (χ2n) is 8.61. The lowest BCUT2D eigenvalue weighted by Crippen LogP contribution is -2.49. The summed E-state index contributed by atoms with van der Waals surface area (Å²) in [6.07, 6.45) is 1.59. The molecule has 0 N–H and O–H groups in total. The van der Waals surface area contributed by atoms with Gasteiger partial charge in [0.15, 0.2) is 0 Å². The number of hydrogen-bond donors (Lipinski definition) is 0. The second kappa shape index (κ2) is 11.5. The molecule has 0 aromatic heterocycles. The highest BCUT2D eigenvalue weighted by Gasteiger charge is 2.34. The molecule has 2 aromatic carbocycles. The number of nitro benzene ring substituents is 1. The Labute approximate surface area is 212 Å². The monoisotopic (exact) mass is 540 g/mol. The first kappa shape index (κ1) is 27.8. The number of nitro groups is 1. The van der Waals surface area contributed by atoms with Crippen molar-refractivity contribution in [2.24, 2.45) is 0 Å². The fourth-order valence-corrected chi connectivity index (χ4v) is 6.41. The van der Waals surface area contributed by atoms with Crippen molar-refractivity contribution in [1.29, 1.82) is 0 Å². The molecule has 13 heteroatoms. The lowest BCUT2D eigenvalue weighted by molar-refractivity contribution is -0.385. The number of anilines is 2. The van der Waals surface area contributed by atoms with Crippen LogP contribution in [0.25, 0.3) is 0 Å². The zero-order valence-electron chi connectivity index (χ0n) is 20.7. The quantitative estimate of drug-likeness (QED) is 0.240. The van der Waals surface area contributed by atoms with Gasteiger partial charge in [0.1, 0.15) is 4.90 Å². The molecule has 1 saturated heterocycles. The molecule has 1 aliphatic heterocycles. The van der Waals surface area contributed by atoms with Gasteiger partial charge in [0, 0.05) is 57.1 Å². The van der Waals surface area contributed by atoms with Crippen molar-refractivity contribution in [2.45, 2.75) is 25.2 Å². The molecule has 3 rings (SSSR count). The third-order valence-corrected chi connectivity index (χ3v) is 8.41. The first-order chi connectivity index (χ1) is 16.9. The number of aryl methyl sites for hydroxylation is 1. The van der Waals surface area contributed by atoms with Gasteiger partial charge in [-0.2, -0.15) is 12.7 Å². The molecule has 0 atom stereocenters. The second-order valence-corrected chi connectivity index (χ2v) is 12.2. The number of para-hydroxylation sites is 1. The van der Waals surface area contributed by atoms with Crippen LogP contribution in [0.1, 0.15) is 18.9 Å². The molecule has 0 unspecified atom stereocenters. The first-order valence-corrected chi connectivity index (χ1v) is 14.9. The van der Waals surface area contributed by atoms with E-state index < -0.39 is 25.1 Å². The minimum absolute atomic E-state index is 0.101. The Hall–Kier alpha value is -2.74. The minimum atomic E-state index is -4.09. The fraction of sp³-hybridized carbons (Fsp3) is 0.478. The Bertz CT molecular complexity index is 1280. The summed E-state index contributed by atoms with van der Waals surface area (Å²) in [5.41, 5.74) is 1.42. The van der Waals surface area contributed by atoms with Gasteiger partial charge in [-0.05, 0) is 31.0 Å². The van der Waals surface area contributed by atoms with Gasteiger partial charge in [-0.1, -0.05) is 25.1 Å². The molecular weight excluding hydrogens is 508 g/mol. The molecule has 0 bridgehead atoms. The number of piperazine rings is 1. The maximum atomic E-state index is 13.9. The Morgan fingerprint density at radius 1 is 1.03 bits per heavy atom. The molecule has 0 radical (unpaired) electrons. The molecule has 1 fully saturated rings. The number of sulfonamides is 1. The van der Waals surface area contributed by atoms with E-state index in [0.717, 1.165) is 18.0 Å². The molecule has 2 aromatic rings. The molecule has 1 heterocycles. The molecule has 0 saturated carbocycles. The largest absolute Gasteiger partial charge is 0.369 e. The van der Waals surface area contributed by atoms with Crippen LogP contribution < -0.4 is 9.80 Å². The average Bonchev–Trinajstić information content (AvgIpc) is 2.83. The lowest BCUT2D eigenvalue weighted by atomic mass is 10.1. The maximum Gasteiger partial charge on any atom is 0.271 e. The fourth-order valence-electron chi connectivity index (χ4n) is 4.30. The topological polar surface area (TPSA) is 130 Å². The Balaban J connectivity index is 1.96. The summed E-state index contributed by atoms with van der Waals surface area (Å²) in [6, 6.07) is 12.1. The summed E-state index contributed by atoms with van der Waals surface area (Å²) in [7, 11) is -7.77. The van der Waals surface area contributed by atoms with Crippen LogP contribution in [0.2, 0.25) is 0 Å². The summed E-state index contributed by atoms with van der Waals surface area (Å²) in [6.45, 7) is 5.27. The summed E-state index contributed by atoms with van der Waals surface area (Å²) in [5.74, 6) is 0. The highest BCUT2D eigenvalue weighted by Crippen LogP contribution is 2.36. The van der Waals surface area contributed by atoms with Gasteiger partial charge in [-0.25, -0.2) is 8.42 Å². The smallest absolute Gasteiger partial charge is 0.271 e. The lowest BCUT2D eigenvalue weighted by Gasteiger charge is -2.36. The molecular formula is C23H32N4O7S2. The van der Waals surface area contributed by atoms with Crippen molar-refractivity contribution >= 4 is 37.2 Å². The standard InChI is InChI=1S/C23H32N4O7S2/c1-4-10-25(15-16-34-35(3,30)31)23-19(2)17-21(27(28)29)18-22(23)36(32,33)26-13-11-24(12-14-26)20-8-6-5-7-9-20/h5-9,17-18H,4,10-16H2,1-3H3. The predicted octanol–water partition coefficient (Wildman–Crippen LogP) is 2.61. The summed E-state index contributed by atoms with van der Waals surface area (Å²) in [4.78, 5) is 14.6. The molecule has 11 nitrogen and oxygen atoms in total. The van der Waals surface area contributed by atoms with Gasteiger partial charge in [0.05, 0.1) is 23.5 Å². The Morgan fingerprint density at radius 3 is 2.22 bits per heavy atom. The SMILES string of the molecule is CCCN(CCOS(C)(=O)=O)c1c(C)cc([N+](=O)[O-])cc1S(=O)(=O)N1CCN(c2ccccc2)CC1. The number of benzene rings is 2. The normalized spacial score (nSPS) is 15.1. The zero-order chi connectivity index (χ0) is 26.5. The highest BCUT2D eigenvalue weighted by molar-refractivity contribution is 7.89. The number of rotatable bonds is 11. The van der Waals surface area contributed by atoms with Gasteiger partial charge in [-0.15, -0.1) is 0 Å². The van der Waals surface area contributed by atoms with Crippen LogP contribution in [0.3, 0.4) is 0 Å². The maximum absolute atomic E-state index is 13.9. The van der Waals surface area contributed by atoms with Crippen molar-refractivity contribution in [2.75, 3.05) is 61.9 Å². The molecule has 0 aliphatic carbocycles. The van der Waals surface area contributed by atoms with E-state index >= 15 is 0 Å². The summed E-state index contributed by atoms with van der Waals surface area (Å²) < 4.78 is 56.8. The first-order valence-electron chi connectivity index (χ1n) is 11.6. The minimum Gasteiger partial charge on any atom is -0.369 e. The van der Waals surface area contributed by atoms with Crippen LogP contribution >= 0.6 is 0 Å². The van der Waals surface area contributed by atoms with Crippen LogP contribution in [0.5, 0.6) is 0 Å². The number of non-ortho nitro benzene ring substituents is 1. The zero-order valence-corrected chi connectivity index (χ0v) is 22.3. The Morgan fingerprint density at radius 2 is 1.67 bits per heavy atom. The van der Waals surface area contributed by atoms with E-state index in [1.165, 1.54) is 10.4 Å². The van der Waals surface area contributed by atoms with E-state index in [1.54, 1.807) is 11.8 Å². The van der Waals surface area contributed by atoms with Crippen LogP contribution in [-0.4, -0.2) is 78.2 Å². The molecule has 0 amide bonds. The van der Waals surface area contributed by atoms with Crippen molar-refractivity contribution < 1.29 is 25.9 Å². The van der Waals surface area contributed by atoms with E-state index in [9.17, 15) is 26.9 Å². The highest BCUT2D eigenvalue weighted by atomic mass is 32.2. The predicted molar refractivity (Wildman–Crippen MR) is 139 cm³/mol. The van der Waals surface area contributed by atoms with Crippen molar-refractivity contribution in [3.05, 3.63) is 58.1 Å². The van der Waals surface area contributed by atoms with Crippen LogP contribution in [0, 0.1) is 17.0 Å². The molecule has 0 spiro atoms. The van der Waals surface area contributed by atoms with E-state index in [0.29, 0.717) is 37.3 Å². The van der Waals surface area contributed by atoms with Gasteiger partial charge < -0.3 is 9.80 Å². The summed E-state index contributed by atoms with van der Waals surface area (Å²) >= 11 is 0. The van der Waals surface area contributed by atoms with Gasteiger partial charge >= 0.3 is 0 Å². The molecule has 198 valence electrons. The van der Waals surface area contributed by atoms with Gasteiger partial charge in [-0.3, -0.25) is 14.3 Å². The third-order valence-electron chi connectivity index (χ3n) is 5.91. The van der Waals surface area contributed by atoms with E-state index in [1.807, 2.05) is 37.3 Å². The molecule has 36 heavy (non-hydrogen) atoms. The van der Waals surface area contributed by atoms with E-state index in [-0.39, 0.29) is 36.8 Å². The van der Waals surface area contributed by atoms with Crippen LogP contribution in [0.15, 0.2) is 47.4 Å². The number of nitrogens with zero attached hydrogens (tertiary/aromatic N) is 4. The van der Waals surface area contributed by atoms with E-state index in [4.69, 9.17) is 4.18 Å². The van der Waals surface area contributed by atoms with Crippen molar-refractivity contribution in [3.8, 4) is 0 Å². The summed E-state index contributed by atoms with van der Waals surface area (Å²) in [5, 5.41) is 11.6. The van der Waals surface area contributed by atoms with E-state index in [2.05, 4.69) is 4.90 Å². The van der Waals surface area contributed by atoms with Crippen molar-refractivity contribution in [1.82, 2.24) is 4.31 Å². The number of hydrogen-bond acceptors (Lipinski definition) is 9. The van der Waals surface area contributed by atoms with Crippen molar-refractivity contribution in [3.63, 3.8) is 0 Å². The Kier molecular flexibility index (Phi) is 8.93. The van der Waals surface area contributed by atoms with Gasteiger partial charge in [0.2, 0.25) is 10.0 Å².